The Balaban J connectivity index is -0.00000000750. The van der Waals surface area contributed by atoms with E-state index in [1.807, 2.05) is 0 Å². The maximum Gasteiger partial charge on any atom is 0.291 e. The molecule has 0 aliphatic rings. The second-order valence-corrected chi connectivity index (χ2v) is 0.238. The summed E-state index contributed by atoms with van der Waals surface area (Å²) in [7, 11) is 0. The molecule has 63 valence electrons. The zero-order valence-electron chi connectivity index (χ0n) is 3.47. The first-order chi connectivity index (χ1) is 1.73. The molecule has 0 aromatic heterocycles. The minimum atomic E-state index is -1.50. The predicted octanol–water partition coefficient (Wildman–Crippen LogP) is -2.82. The predicted molar refractivity (Wildman–Crippen MR) is 19.6 cm³/mol. The van der Waals surface area contributed by atoms with Crippen LogP contribution in [0.25, 0.3) is 0 Å². The van der Waals surface area contributed by atoms with Crippen LogP contribution in [0.3, 0.4) is 0 Å². The normalized spacial score (nSPS) is 3.00. The van der Waals surface area contributed by atoms with E-state index in [0.717, 1.165) is 0 Å². The van der Waals surface area contributed by atoms with Gasteiger partial charge in [-0.15, -0.1) is 10.1 Å². The molecule has 7 nitrogen and oxygen atoms in total. The van der Waals surface area contributed by atoms with E-state index in [4.69, 9.17) is 15.3 Å². The van der Waals surface area contributed by atoms with Crippen molar-refractivity contribution >= 4 is 0 Å². The molecule has 0 bridgehead atoms. The van der Waals surface area contributed by atoms with Gasteiger partial charge in [0.1, 0.15) is 0 Å². The fraction of sp³-hybridized carbons (Fsp3) is 0. The molecule has 0 aliphatic heterocycles. The van der Waals surface area contributed by atoms with Crippen LogP contribution in [0.2, 0.25) is 0 Å². The van der Waals surface area contributed by atoms with Crippen molar-refractivity contribution in [3.05, 3.63) is 10.1 Å². The van der Waals surface area contributed by atoms with Crippen molar-refractivity contribution in [3.8, 4) is 0 Å². The largest absolute Gasteiger partial charge is 0.412 e. The quantitative estimate of drug-likeness (QED) is 0.377. The van der Waals surface area contributed by atoms with Gasteiger partial charge in [-0.1, -0.05) is 0 Å². The van der Waals surface area contributed by atoms with Gasteiger partial charge in [-0.25, -0.2) is 0 Å². The molecular formula is H7LuNO6. The molecule has 0 rings (SSSR count). The van der Waals surface area contributed by atoms with E-state index in [2.05, 4.69) is 0 Å². The molecule has 1 radical (unpaired) electrons. The summed E-state index contributed by atoms with van der Waals surface area (Å²) >= 11 is 0. The van der Waals surface area contributed by atoms with E-state index in [1.54, 1.807) is 0 Å². The summed E-state index contributed by atoms with van der Waals surface area (Å²) in [5, 5.41) is 13.6. The van der Waals surface area contributed by atoms with Crippen LogP contribution in [-0.4, -0.2) is 26.7 Å². The fourth-order valence-electron chi connectivity index (χ4n) is 0. The van der Waals surface area contributed by atoms with Crippen molar-refractivity contribution in [2.24, 2.45) is 0 Å². The number of nitrogens with zero attached hydrogens (tertiary/aromatic N) is 1. The molecule has 0 fully saturated rings. The molecule has 0 amide bonds. The Labute approximate surface area is 73.5 Å². The maximum absolute atomic E-state index is 8.36. The molecule has 7 N–H and O–H groups in total. The Kier molecular flexibility index (Phi) is 134. The first kappa shape index (κ1) is 40.5. The third-order valence-electron chi connectivity index (χ3n) is 0. The second-order valence-electron chi connectivity index (χ2n) is 0.238. The fourth-order valence-corrected chi connectivity index (χ4v) is 0. The molecule has 0 spiro atoms. The summed E-state index contributed by atoms with van der Waals surface area (Å²) in [5.74, 6) is 0. The summed E-state index contributed by atoms with van der Waals surface area (Å²) in [6, 6.07) is 0. The minimum absolute atomic E-state index is 0. The zero-order chi connectivity index (χ0) is 3.58. The van der Waals surface area contributed by atoms with Crippen LogP contribution in [0.15, 0.2) is 0 Å². The smallest absolute Gasteiger partial charge is 0.291 e. The first-order valence-corrected chi connectivity index (χ1v) is 0.565. The molecule has 0 unspecified atom stereocenters. The van der Waals surface area contributed by atoms with Crippen molar-refractivity contribution < 1.29 is 63.6 Å². The molecule has 0 atom stereocenters. The van der Waals surface area contributed by atoms with Gasteiger partial charge in [-0.05, 0) is 0 Å². The molecule has 8 heteroatoms. The Morgan fingerprint density at radius 2 is 1.25 bits per heavy atom. The van der Waals surface area contributed by atoms with Crippen molar-refractivity contribution in [1.82, 2.24) is 0 Å². The van der Waals surface area contributed by atoms with Crippen molar-refractivity contribution in [2.75, 3.05) is 0 Å². The molecule has 0 aromatic rings. The van der Waals surface area contributed by atoms with Gasteiger partial charge in [0.25, 0.3) is 5.09 Å². The van der Waals surface area contributed by atoms with Crippen LogP contribution < -0.4 is 0 Å². The first-order valence-electron chi connectivity index (χ1n) is 0.565. The Hall–Kier alpha value is 0.314. The van der Waals surface area contributed by atoms with E-state index in [0.29, 0.717) is 0 Å². The van der Waals surface area contributed by atoms with Crippen LogP contribution >= 0.6 is 0 Å². The Morgan fingerprint density at radius 1 is 1.25 bits per heavy atom. The van der Waals surface area contributed by atoms with Crippen molar-refractivity contribution in [1.29, 1.82) is 0 Å². The summed E-state index contributed by atoms with van der Waals surface area (Å²) in [6.45, 7) is 0. The van der Waals surface area contributed by atoms with Crippen LogP contribution in [0.1, 0.15) is 0 Å². The van der Waals surface area contributed by atoms with Crippen molar-refractivity contribution in [3.63, 3.8) is 0 Å². The van der Waals surface area contributed by atoms with Gasteiger partial charge in [0, 0.05) is 36.9 Å². The van der Waals surface area contributed by atoms with Crippen LogP contribution in [-0.2, 0) is 0 Å². The topological polar surface area (TPSA) is 158 Å². The summed E-state index contributed by atoms with van der Waals surface area (Å²) in [4.78, 5) is 8.36. The number of hydrogen-bond donors (Lipinski definition) is 1. The number of hydrogen-bond acceptors (Lipinski definition) is 2. The van der Waals surface area contributed by atoms with Gasteiger partial charge < -0.3 is 21.6 Å². The van der Waals surface area contributed by atoms with Gasteiger partial charge >= 0.3 is 0 Å². The average Bonchev–Trinajstić information content (AvgIpc) is 0.811. The molecule has 0 aliphatic carbocycles. The standard InChI is InChI=1S/Lu.HNO3.3H2O/c;2-1(3)4;;;/h;(H,2,3,4);3*1H2. The molecule has 0 saturated carbocycles. The van der Waals surface area contributed by atoms with Crippen LogP contribution in [0, 0.1) is 47.0 Å². The SMILES string of the molecule is O.O.O.O=[N+]([O-])O.[Lu]. The van der Waals surface area contributed by atoms with Gasteiger partial charge in [-0.2, -0.15) is 0 Å². The van der Waals surface area contributed by atoms with Crippen LogP contribution in [0.5, 0.6) is 0 Å². The van der Waals surface area contributed by atoms with Gasteiger partial charge in [0.15, 0.2) is 0 Å². The molecular weight excluding hydrogens is 285 g/mol. The third-order valence-corrected chi connectivity index (χ3v) is 0. The van der Waals surface area contributed by atoms with E-state index in [9.17, 15) is 0 Å². The average molecular weight is 292 g/mol. The summed E-state index contributed by atoms with van der Waals surface area (Å²) in [6.07, 6.45) is 0. The van der Waals surface area contributed by atoms with E-state index in [1.165, 1.54) is 0 Å². The summed E-state index contributed by atoms with van der Waals surface area (Å²) in [5.41, 5.74) is 0. The maximum atomic E-state index is 8.36. The van der Waals surface area contributed by atoms with Crippen molar-refractivity contribution in [2.45, 2.75) is 0 Å². The zero-order valence-corrected chi connectivity index (χ0v) is 5.13. The Morgan fingerprint density at radius 3 is 1.25 bits per heavy atom. The van der Waals surface area contributed by atoms with Gasteiger partial charge in [0.2, 0.25) is 0 Å². The van der Waals surface area contributed by atoms with E-state index >= 15 is 0 Å². The molecule has 8 heavy (non-hydrogen) atoms. The second kappa shape index (κ2) is 26.6. The van der Waals surface area contributed by atoms with E-state index in [-0.39, 0.29) is 53.3 Å². The van der Waals surface area contributed by atoms with E-state index < -0.39 is 5.09 Å². The Bertz CT molecular complexity index is 31.5. The number of rotatable bonds is 0. The summed E-state index contributed by atoms with van der Waals surface area (Å²) < 4.78 is 0. The molecule has 0 saturated heterocycles. The third kappa shape index (κ3) is 1810. The van der Waals surface area contributed by atoms with Gasteiger partial charge in [-0.3, -0.25) is 0 Å². The molecule has 0 aromatic carbocycles. The minimum Gasteiger partial charge on any atom is -0.412 e. The molecule has 0 heterocycles. The van der Waals surface area contributed by atoms with Crippen LogP contribution in [0.4, 0.5) is 0 Å². The monoisotopic (exact) mass is 292 g/mol. The van der Waals surface area contributed by atoms with Gasteiger partial charge in [0.05, 0.1) is 0 Å².